The van der Waals surface area contributed by atoms with Gasteiger partial charge in [-0.3, -0.25) is 9.69 Å². The van der Waals surface area contributed by atoms with Crippen molar-refractivity contribution < 1.29 is 18.0 Å². The summed E-state index contributed by atoms with van der Waals surface area (Å²) in [5.74, 6) is -0.575. The normalized spacial score (nSPS) is 26.4. The van der Waals surface area contributed by atoms with Crippen molar-refractivity contribution in [2.24, 2.45) is 0 Å². The van der Waals surface area contributed by atoms with E-state index in [0.29, 0.717) is 13.1 Å². The summed E-state index contributed by atoms with van der Waals surface area (Å²) in [4.78, 5) is 13.5. The van der Waals surface area contributed by atoms with Crippen LogP contribution in [0.2, 0.25) is 0 Å². The summed E-state index contributed by atoms with van der Waals surface area (Å²) in [5, 5.41) is 5.23. The van der Waals surface area contributed by atoms with Gasteiger partial charge in [0, 0.05) is 25.2 Å². The predicted octanol–water partition coefficient (Wildman–Crippen LogP) is 1.16. The molecular formula is C11H21ClF3N3O. The number of alkyl halides is 3. The maximum absolute atomic E-state index is 12.0. The highest BCUT2D eigenvalue weighted by molar-refractivity contribution is 5.85. The third-order valence-electron chi connectivity index (χ3n) is 2.98. The summed E-state index contributed by atoms with van der Waals surface area (Å²) in [6, 6.07) is -0.0856. The molecule has 3 atom stereocenters. The Morgan fingerprint density at radius 2 is 1.84 bits per heavy atom. The van der Waals surface area contributed by atoms with E-state index in [1.807, 2.05) is 24.1 Å². The molecule has 0 spiro atoms. The van der Waals surface area contributed by atoms with Gasteiger partial charge in [-0.1, -0.05) is 0 Å². The van der Waals surface area contributed by atoms with Crippen molar-refractivity contribution in [3.8, 4) is 0 Å². The van der Waals surface area contributed by atoms with Crippen LogP contribution >= 0.6 is 12.4 Å². The highest BCUT2D eigenvalue weighted by Crippen LogP contribution is 2.13. The molecule has 3 unspecified atom stereocenters. The first-order valence-electron chi connectivity index (χ1n) is 6.03. The van der Waals surface area contributed by atoms with Crippen LogP contribution in [-0.4, -0.2) is 54.7 Å². The van der Waals surface area contributed by atoms with E-state index < -0.39 is 24.7 Å². The molecule has 0 aromatic carbocycles. The number of piperazine rings is 1. The van der Waals surface area contributed by atoms with Gasteiger partial charge in [-0.15, -0.1) is 12.4 Å². The maximum atomic E-state index is 12.0. The van der Waals surface area contributed by atoms with Gasteiger partial charge in [0.2, 0.25) is 5.91 Å². The Labute approximate surface area is 117 Å². The number of halogens is 4. The van der Waals surface area contributed by atoms with Crippen molar-refractivity contribution in [1.82, 2.24) is 15.5 Å². The molecule has 114 valence electrons. The number of carbonyl (C=O) groups excluding carboxylic acids is 1. The molecule has 0 aromatic heterocycles. The summed E-state index contributed by atoms with van der Waals surface area (Å²) in [7, 11) is 0. The number of amides is 1. The molecule has 1 aliphatic rings. The van der Waals surface area contributed by atoms with Gasteiger partial charge < -0.3 is 10.6 Å². The lowest BCUT2D eigenvalue weighted by molar-refractivity contribution is -0.141. The molecule has 1 saturated heterocycles. The zero-order chi connectivity index (χ0) is 13.9. The standard InChI is InChI=1S/C11H20F3N3O.ClH/c1-7-4-17(5-8(2)16-7)9(3)10(18)15-6-11(12,13)14;/h7-9,16H,4-6H2,1-3H3,(H,15,18);1H. The minimum absolute atomic E-state index is 0. The molecule has 8 heteroatoms. The van der Waals surface area contributed by atoms with Gasteiger partial charge in [0.1, 0.15) is 6.54 Å². The second kappa shape index (κ2) is 7.31. The quantitative estimate of drug-likeness (QED) is 0.822. The van der Waals surface area contributed by atoms with Crippen molar-refractivity contribution in [3.63, 3.8) is 0 Å². The van der Waals surface area contributed by atoms with Crippen molar-refractivity contribution in [2.75, 3.05) is 19.6 Å². The van der Waals surface area contributed by atoms with Crippen LogP contribution in [0.5, 0.6) is 0 Å². The largest absolute Gasteiger partial charge is 0.405 e. The summed E-state index contributed by atoms with van der Waals surface area (Å²) in [6.07, 6.45) is -4.36. The summed E-state index contributed by atoms with van der Waals surface area (Å²) < 4.78 is 36.0. The van der Waals surface area contributed by atoms with Crippen LogP contribution in [0.15, 0.2) is 0 Å². The zero-order valence-corrected chi connectivity index (χ0v) is 12.1. The average molecular weight is 304 g/mol. The number of hydrogen-bond acceptors (Lipinski definition) is 3. The molecule has 4 nitrogen and oxygen atoms in total. The van der Waals surface area contributed by atoms with Gasteiger partial charge in [-0.05, 0) is 20.8 Å². The maximum Gasteiger partial charge on any atom is 0.405 e. The van der Waals surface area contributed by atoms with Crippen molar-refractivity contribution in [2.45, 2.75) is 45.1 Å². The lowest BCUT2D eigenvalue weighted by atomic mass is 10.1. The molecule has 0 aliphatic carbocycles. The molecule has 19 heavy (non-hydrogen) atoms. The molecule has 0 radical (unpaired) electrons. The Bertz CT molecular complexity index is 291. The zero-order valence-electron chi connectivity index (χ0n) is 11.3. The minimum Gasteiger partial charge on any atom is -0.346 e. The van der Waals surface area contributed by atoms with Crippen LogP contribution in [-0.2, 0) is 4.79 Å². The van der Waals surface area contributed by atoms with Crippen LogP contribution in [0.25, 0.3) is 0 Å². The van der Waals surface area contributed by atoms with Crippen molar-refractivity contribution in [1.29, 1.82) is 0 Å². The Morgan fingerprint density at radius 1 is 1.37 bits per heavy atom. The number of carbonyl (C=O) groups is 1. The highest BCUT2D eigenvalue weighted by atomic mass is 35.5. The summed E-state index contributed by atoms with van der Waals surface area (Å²) >= 11 is 0. The minimum atomic E-state index is -4.36. The second-order valence-corrected chi connectivity index (χ2v) is 4.93. The number of rotatable bonds is 3. The first-order valence-corrected chi connectivity index (χ1v) is 6.03. The molecule has 0 aromatic rings. The van der Waals surface area contributed by atoms with Crippen molar-refractivity contribution >= 4 is 18.3 Å². The van der Waals surface area contributed by atoms with Gasteiger partial charge in [-0.25, -0.2) is 0 Å². The number of hydrogen-bond donors (Lipinski definition) is 2. The molecule has 0 bridgehead atoms. The monoisotopic (exact) mass is 303 g/mol. The smallest absolute Gasteiger partial charge is 0.346 e. The summed E-state index contributed by atoms with van der Waals surface area (Å²) in [6.45, 7) is 5.66. The lowest BCUT2D eigenvalue weighted by Gasteiger charge is -2.39. The number of nitrogens with one attached hydrogen (secondary N) is 2. The first kappa shape index (κ1) is 18.5. The van der Waals surface area contributed by atoms with Crippen LogP contribution in [0.4, 0.5) is 13.2 Å². The third kappa shape index (κ3) is 6.44. The van der Waals surface area contributed by atoms with Crippen molar-refractivity contribution in [3.05, 3.63) is 0 Å². The Kier molecular flexibility index (Phi) is 7.10. The molecule has 1 aliphatic heterocycles. The molecule has 1 fully saturated rings. The van der Waals surface area contributed by atoms with Crippen LogP contribution < -0.4 is 10.6 Å². The third-order valence-corrected chi connectivity index (χ3v) is 2.98. The molecule has 1 amide bonds. The lowest BCUT2D eigenvalue weighted by Crippen LogP contribution is -2.59. The van der Waals surface area contributed by atoms with Gasteiger partial charge in [0.25, 0.3) is 0 Å². The van der Waals surface area contributed by atoms with Gasteiger partial charge in [0.05, 0.1) is 6.04 Å². The topological polar surface area (TPSA) is 44.4 Å². The van der Waals surface area contributed by atoms with Crippen LogP contribution in [0.1, 0.15) is 20.8 Å². The molecule has 0 saturated carbocycles. The van der Waals surface area contributed by atoms with E-state index >= 15 is 0 Å². The summed E-state index contributed by atoms with van der Waals surface area (Å²) in [5.41, 5.74) is 0. The molecule has 1 heterocycles. The fraction of sp³-hybridized carbons (Fsp3) is 0.909. The molecular weight excluding hydrogens is 283 g/mol. The van der Waals surface area contributed by atoms with E-state index in [4.69, 9.17) is 0 Å². The van der Waals surface area contributed by atoms with E-state index in [9.17, 15) is 18.0 Å². The number of nitrogens with zero attached hydrogens (tertiary/aromatic N) is 1. The first-order chi connectivity index (χ1) is 8.19. The van der Waals surface area contributed by atoms with E-state index in [-0.39, 0.29) is 24.5 Å². The fourth-order valence-corrected chi connectivity index (χ4v) is 2.19. The van der Waals surface area contributed by atoms with Gasteiger partial charge >= 0.3 is 6.18 Å². The van der Waals surface area contributed by atoms with E-state index in [2.05, 4.69) is 5.32 Å². The SMILES string of the molecule is CC1CN(C(C)C(=O)NCC(F)(F)F)CC(C)N1.Cl. The van der Waals surface area contributed by atoms with E-state index in [1.54, 1.807) is 6.92 Å². The Morgan fingerprint density at radius 3 is 2.26 bits per heavy atom. The second-order valence-electron chi connectivity index (χ2n) is 4.93. The highest BCUT2D eigenvalue weighted by Gasteiger charge is 2.32. The predicted molar refractivity (Wildman–Crippen MR) is 69.4 cm³/mol. The van der Waals surface area contributed by atoms with E-state index in [0.717, 1.165) is 0 Å². The van der Waals surface area contributed by atoms with E-state index in [1.165, 1.54) is 0 Å². The van der Waals surface area contributed by atoms with Crippen LogP contribution in [0, 0.1) is 0 Å². The Balaban J connectivity index is 0.00000324. The Hall–Kier alpha value is -0.530. The van der Waals surface area contributed by atoms with Gasteiger partial charge in [-0.2, -0.15) is 13.2 Å². The van der Waals surface area contributed by atoms with Gasteiger partial charge in [0.15, 0.2) is 0 Å². The fourth-order valence-electron chi connectivity index (χ4n) is 2.19. The average Bonchev–Trinajstić information content (AvgIpc) is 2.22. The van der Waals surface area contributed by atoms with Crippen LogP contribution in [0.3, 0.4) is 0 Å². The molecule has 2 N–H and O–H groups in total. The molecule has 1 rings (SSSR count).